The van der Waals surface area contributed by atoms with Gasteiger partial charge in [-0.3, -0.25) is 10.1 Å². The number of urea groups is 1. The topological polar surface area (TPSA) is 112 Å². The average molecular weight is 367 g/mol. The number of fused-ring (bicyclic) bond motifs is 1. The van der Waals surface area contributed by atoms with E-state index in [0.717, 1.165) is 36.6 Å². The van der Waals surface area contributed by atoms with Gasteiger partial charge in [0.2, 0.25) is 0 Å². The van der Waals surface area contributed by atoms with Crippen molar-refractivity contribution in [1.82, 2.24) is 25.2 Å². The van der Waals surface area contributed by atoms with E-state index in [1.807, 2.05) is 6.07 Å². The first-order chi connectivity index (χ1) is 13.2. The smallest absolute Gasteiger partial charge is 0.326 e. The standard InChI is InChI=1S/C18H21N7O2/c26-17-13(22-18(27)24-17)5-12-9-21-25-15(20-8-11-3-4-11)6-14(23-16(12)25)19-7-10-1-2-10/h5-6,9-11,20H,1-4,7-8H2,(H,19,23)(H2,22,24,26,27)/b13-5-. The second-order valence-corrected chi connectivity index (χ2v) is 7.48. The number of amides is 3. The van der Waals surface area contributed by atoms with E-state index in [9.17, 15) is 9.59 Å². The molecule has 9 heteroatoms. The van der Waals surface area contributed by atoms with Crippen molar-refractivity contribution in [1.29, 1.82) is 0 Å². The SMILES string of the molecule is O=C1NC(=O)/C(=C/c2cnn3c(NCC4CC4)cc(NCC4CC4)nc23)N1. The molecule has 9 nitrogen and oxygen atoms in total. The highest BCUT2D eigenvalue weighted by Crippen LogP contribution is 2.31. The lowest BCUT2D eigenvalue weighted by Crippen LogP contribution is -2.22. The Morgan fingerprint density at radius 1 is 1.11 bits per heavy atom. The third kappa shape index (κ3) is 3.44. The Bertz CT molecular complexity index is 956. The van der Waals surface area contributed by atoms with Crippen LogP contribution in [0, 0.1) is 11.8 Å². The number of anilines is 2. The minimum absolute atomic E-state index is 0.195. The third-order valence-electron chi connectivity index (χ3n) is 5.06. The van der Waals surface area contributed by atoms with Gasteiger partial charge in [0.1, 0.15) is 17.3 Å². The van der Waals surface area contributed by atoms with Crippen molar-refractivity contribution in [2.24, 2.45) is 11.8 Å². The van der Waals surface area contributed by atoms with Crippen LogP contribution in [-0.4, -0.2) is 39.6 Å². The summed E-state index contributed by atoms with van der Waals surface area (Å²) in [5.41, 5.74) is 1.50. The monoisotopic (exact) mass is 367 g/mol. The fourth-order valence-electron chi connectivity index (χ4n) is 3.08. The first-order valence-electron chi connectivity index (χ1n) is 9.36. The molecule has 27 heavy (non-hydrogen) atoms. The third-order valence-corrected chi connectivity index (χ3v) is 5.06. The van der Waals surface area contributed by atoms with Crippen molar-refractivity contribution in [3.63, 3.8) is 0 Å². The van der Waals surface area contributed by atoms with Crippen molar-refractivity contribution in [3.8, 4) is 0 Å². The molecular weight excluding hydrogens is 346 g/mol. The van der Waals surface area contributed by atoms with Crippen LogP contribution in [0.25, 0.3) is 11.7 Å². The number of nitrogens with zero attached hydrogens (tertiary/aromatic N) is 3. The van der Waals surface area contributed by atoms with E-state index in [0.29, 0.717) is 11.2 Å². The maximum absolute atomic E-state index is 11.8. The molecule has 2 aliphatic carbocycles. The molecule has 0 radical (unpaired) electrons. The number of rotatable bonds is 7. The van der Waals surface area contributed by atoms with E-state index < -0.39 is 11.9 Å². The summed E-state index contributed by atoms with van der Waals surface area (Å²) in [6.45, 7) is 1.82. The summed E-state index contributed by atoms with van der Waals surface area (Å²) in [5, 5.41) is 16.0. The predicted molar refractivity (Wildman–Crippen MR) is 100 cm³/mol. The molecular formula is C18H21N7O2. The summed E-state index contributed by atoms with van der Waals surface area (Å²) in [6.07, 6.45) is 8.31. The highest BCUT2D eigenvalue weighted by Gasteiger charge is 2.25. The van der Waals surface area contributed by atoms with Gasteiger partial charge in [-0.15, -0.1) is 0 Å². The van der Waals surface area contributed by atoms with Crippen LogP contribution in [0.1, 0.15) is 31.2 Å². The fourth-order valence-corrected chi connectivity index (χ4v) is 3.08. The minimum atomic E-state index is -0.519. The van der Waals surface area contributed by atoms with Gasteiger partial charge in [0.15, 0.2) is 5.65 Å². The number of hydrogen-bond donors (Lipinski definition) is 4. The van der Waals surface area contributed by atoms with Crippen molar-refractivity contribution >= 4 is 35.3 Å². The lowest BCUT2D eigenvalue weighted by Gasteiger charge is -2.11. The van der Waals surface area contributed by atoms with Crippen molar-refractivity contribution in [3.05, 3.63) is 23.5 Å². The van der Waals surface area contributed by atoms with Crippen LogP contribution in [0.2, 0.25) is 0 Å². The van der Waals surface area contributed by atoms with Gasteiger partial charge in [-0.1, -0.05) is 0 Å². The summed E-state index contributed by atoms with van der Waals surface area (Å²) in [5.74, 6) is 2.66. The van der Waals surface area contributed by atoms with Crippen LogP contribution >= 0.6 is 0 Å². The number of nitrogens with one attached hydrogen (secondary N) is 4. The van der Waals surface area contributed by atoms with E-state index >= 15 is 0 Å². The molecule has 2 aromatic rings. The van der Waals surface area contributed by atoms with Gasteiger partial charge in [0.05, 0.1) is 6.20 Å². The molecule has 0 atom stereocenters. The molecule has 140 valence electrons. The largest absolute Gasteiger partial charge is 0.370 e. The maximum Gasteiger partial charge on any atom is 0.326 e. The minimum Gasteiger partial charge on any atom is -0.370 e. The molecule has 3 amide bonds. The molecule has 1 aliphatic heterocycles. The average Bonchev–Trinajstić information content (AvgIpc) is 3.56. The van der Waals surface area contributed by atoms with Crippen molar-refractivity contribution in [2.75, 3.05) is 23.7 Å². The summed E-state index contributed by atoms with van der Waals surface area (Å²) in [6, 6.07) is 1.46. The summed E-state index contributed by atoms with van der Waals surface area (Å²) < 4.78 is 1.74. The van der Waals surface area contributed by atoms with Crippen LogP contribution in [0.3, 0.4) is 0 Å². The summed E-state index contributed by atoms with van der Waals surface area (Å²) in [4.78, 5) is 27.8. The van der Waals surface area contributed by atoms with Crippen molar-refractivity contribution in [2.45, 2.75) is 25.7 Å². The normalized spacial score (nSPS) is 20.8. The molecule has 3 fully saturated rings. The van der Waals surface area contributed by atoms with Crippen LogP contribution in [-0.2, 0) is 4.79 Å². The van der Waals surface area contributed by atoms with Crippen LogP contribution < -0.4 is 21.3 Å². The molecule has 0 unspecified atom stereocenters. The van der Waals surface area contributed by atoms with Gasteiger partial charge < -0.3 is 16.0 Å². The Kier molecular flexibility index (Phi) is 3.73. The van der Waals surface area contributed by atoms with Gasteiger partial charge in [0.25, 0.3) is 5.91 Å². The molecule has 5 rings (SSSR count). The Morgan fingerprint density at radius 2 is 1.85 bits per heavy atom. The lowest BCUT2D eigenvalue weighted by atomic mass is 10.2. The summed E-state index contributed by atoms with van der Waals surface area (Å²) >= 11 is 0. The second-order valence-electron chi connectivity index (χ2n) is 7.48. The molecule has 4 N–H and O–H groups in total. The number of aromatic nitrogens is 3. The van der Waals surface area contributed by atoms with Gasteiger partial charge >= 0.3 is 6.03 Å². The van der Waals surface area contributed by atoms with E-state index in [2.05, 4.69) is 31.3 Å². The number of carbonyl (C=O) groups is 2. The van der Waals surface area contributed by atoms with Crippen LogP contribution in [0.15, 0.2) is 18.0 Å². The Balaban J connectivity index is 1.50. The first-order valence-corrected chi connectivity index (χ1v) is 9.36. The van der Waals surface area contributed by atoms with Gasteiger partial charge in [-0.2, -0.15) is 9.61 Å². The van der Waals surface area contributed by atoms with E-state index in [1.54, 1.807) is 16.8 Å². The Labute approximate surface area is 155 Å². The quantitative estimate of drug-likeness (QED) is 0.436. The van der Waals surface area contributed by atoms with E-state index in [4.69, 9.17) is 0 Å². The molecule has 2 saturated carbocycles. The molecule has 0 bridgehead atoms. The Morgan fingerprint density at radius 3 is 2.52 bits per heavy atom. The van der Waals surface area contributed by atoms with E-state index in [1.165, 1.54) is 25.7 Å². The molecule has 0 aromatic carbocycles. The molecule has 2 aromatic heterocycles. The van der Waals surface area contributed by atoms with E-state index in [-0.39, 0.29) is 5.70 Å². The zero-order valence-electron chi connectivity index (χ0n) is 14.8. The predicted octanol–water partition coefficient (Wildman–Crippen LogP) is 1.55. The first kappa shape index (κ1) is 16.1. The fraction of sp³-hybridized carbons (Fsp3) is 0.444. The molecule has 3 heterocycles. The van der Waals surface area contributed by atoms with Crippen LogP contribution in [0.4, 0.5) is 16.4 Å². The number of hydrogen-bond acceptors (Lipinski definition) is 6. The maximum atomic E-state index is 11.8. The highest BCUT2D eigenvalue weighted by molar-refractivity contribution is 6.14. The highest BCUT2D eigenvalue weighted by atomic mass is 16.2. The van der Waals surface area contributed by atoms with Crippen LogP contribution in [0.5, 0.6) is 0 Å². The van der Waals surface area contributed by atoms with Gasteiger partial charge in [-0.05, 0) is 43.6 Å². The zero-order valence-corrected chi connectivity index (χ0v) is 14.8. The Hall–Kier alpha value is -3.10. The molecule has 0 spiro atoms. The molecule has 3 aliphatic rings. The second kappa shape index (κ2) is 6.26. The van der Waals surface area contributed by atoms with Crippen molar-refractivity contribution < 1.29 is 9.59 Å². The summed E-state index contributed by atoms with van der Waals surface area (Å²) in [7, 11) is 0. The lowest BCUT2D eigenvalue weighted by molar-refractivity contribution is -0.115. The van der Waals surface area contributed by atoms with Gasteiger partial charge in [0, 0.05) is 24.7 Å². The van der Waals surface area contributed by atoms with Gasteiger partial charge in [-0.25, -0.2) is 9.78 Å². The molecule has 1 saturated heterocycles. The number of carbonyl (C=O) groups excluding carboxylic acids is 2. The number of imide groups is 1. The zero-order chi connectivity index (χ0) is 18.4.